The first kappa shape index (κ1) is 15.4. The van der Waals surface area contributed by atoms with Gasteiger partial charge in [-0.3, -0.25) is 4.79 Å². The van der Waals surface area contributed by atoms with Gasteiger partial charge in [-0.1, -0.05) is 0 Å². The van der Waals surface area contributed by atoms with Crippen molar-refractivity contribution in [2.75, 3.05) is 0 Å². The third-order valence-corrected chi connectivity index (χ3v) is 3.66. The fraction of sp³-hybridized carbons (Fsp3) is 0.583. The highest BCUT2D eigenvalue weighted by Gasteiger charge is 2.25. The Morgan fingerprint density at radius 2 is 2.21 bits per heavy atom. The minimum absolute atomic E-state index is 0.0390. The molecule has 0 fully saturated rings. The molecule has 7 heteroatoms. The Labute approximate surface area is 116 Å². The van der Waals surface area contributed by atoms with Crippen molar-refractivity contribution in [1.82, 2.24) is 15.6 Å². The Morgan fingerprint density at radius 1 is 1.53 bits per heavy atom. The Bertz CT molecular complexity index is 431. The highest BCUT2D eigenvalue weighted by Crippen LogP contribution is 2.21. The summed E-state index contributed by atoms with van der Waals surface area (Å²) in [6, 6.07) is -0.513. The minimum Gasteiger partial charge on any atom is -0.481 e. The molecule has 106 valence electrons. The van der Waals surface area contributed by atoms with Gasteiger partial charge in [-0.15, -0.1) is 11.3 Å². The van der Waals surface area contributed by atoms with Crippen molar-refractivity contribution in [2.45, 2.75) is 45.2 Å². The van der Waals surface area contributed by atoms with E-state index in [1.54, 1.807) is 13.1 Å². The second-order valence-electron chi connectivity index (χ2n) is 4.89. The predicted octanol–water partition coefficient (Wildman–Crippen LogP) is 1.93. The normalized spacial score (nSPS) is 12.8. The number of hydrogen-bond donors (Lipinski definition) is 3. The number of aromatic nitrogens is 1. The first-order valence-corrected chi connectivity index (χ1v) is 6.89. The summed E-state index contributed by atoms with van der Waals surface area (Å²) >= 11 is 1.47. The lowest BCUT2D eigenvalue weighted by atomic mass is 10.1. The van der Waals surface area contributed by atoms with Gasteiger partial charge in [0.2, 0.25) is 0 Å². The van der Waals surface area contributed by atoms with Crippen molar-refractivity contribution in [3.63, 3.8) is 0 Å². The van der Waals surface area contributed by atoms with Gasteiger partial charge in [0.05, 0.1) is 5.54 Å². The van der Waals surface area contributed by atoms with Gasteiger partial charge in [-0.2, -0.15) is 0 Å². The first-order valence-electron chi connectivity index (χ1n) is 6.01. The largest absolute Gasteiger partial charge is 0.481 e. The van der Waals surface area contributed by atoms with Gasteiger partial charge in [0.25, 0.3) is 0 Å². The summed E-state index contributed by atoms with van der Waals surface area (Å²) < 4.78 is 0. The maximum atomic E-state index is 11.8. The van der Waals surface area contributed by atoms with Crippen LogP contribution in [0, 0.1) is 0 Å². The minimum atomic E-state index is -0.864. The van der Waals surface area contributed by atoms with Crippen LogP contribution in [0.15, 0.2) is 11.6 Å². The SMILES string of the molecule is CC(CCC(=O)O)NC(=O)NC(C)(C)c1nccs1. The molecule has 0 aliphatic carbocycles. The number of thiazole rings is 1. The molecule has 1 aromatic rings. The van der Waals surface area contributed by atoms with Crippen molar-refractivity contribution in [3.8, 4) is 0 Å². The number of amides is 2. The number of carbonyl (C=O) groups excluding carboxylic acids is 1. The summed E-state index contributed by atoms with van der Waals surface area (Å²) in [6.45, 7) is 5.51. The molecular formula is C12H19N3O3S. The summed E-state index contributed by atoms with van der Waals surface area (Å²) in [4.78, 5) is 26.4. The Morgan fingerprint density at radius 3 is 2.74 bits per heavy atom. The van der Waals surface area contributed by atoms with E-state index in [4.69, 9.17) is 5.11 Å². The van der Waals surface area contributed by atoms with E-state index >= 15 is 0 Å². The first-order chi connectivity index (χ1) is 8.81. The lowest BCUT2D eigenvalue weighted by molar-refractivity contribution is -0.137. The molecule has 0 saturated heterocycles. The molecule has 2 amide bonds. The van der Waals surface area contributed by atoms with Crippen LogP contribution in [0.3, 0.4) is 0 Å². The van der Waals surface area contributed by atoms with Gasteiger partial charge < -0.3 is 15.7 Å². The summed E-state index contributed by atoms with van der Waals surface area (Å²) in [5.41, 5.74) is -0.551. The number of nitrogens with one attached hydrogen (secondary N) is 2. The molecule has 0 aromatic carbocycles. The molecule has 1 rings (SSSR count). The molecular weight excluding hydrogens is 266 g/mol. The molecule has 1 unspecified atom stereocenters. The van der Waals surface area contributed by atoms with Crippen LogP contribution in [-0.2, 0) is 10.3 Å². The van der Waals surface area contributed by atoms with Crippen molar-refractivity contribution >= 4 is 23.3 Å². The Balaban J connectivity index is 2.44. The monoisotopic (exact) mass is 285 g/mol. The van der Waals surface area contributed by atoms with Crippen LogP contribution in [0.5, 0.6) is 0 Å². The van der Waals surface area contributed by atoms with Crippen molar-refractivity contribution in [1.29, 1.82) is 0 Å². The lowest BCUT2D eigenvalue weighted by Crippen LogP contribution is -2.48. The molecule has 0 aliphatic rings. The summed E-state index contributed by atoms with van der Waals surface area (Å²) in [7, 11) is 0. The third-order valence-electron chi connectivity index (χ3n) is 2.56. The molecule has 6 nitrogen and oxygen atoms in total. The van der Waals surface area contributed by atoms with Crippen LogP contribution in [0.2, 0.25) is 0 Å². The highest BCUT2D eigenvalue weighted by atomic mass is 32.1. The van der Waals surface area contributed by atoms with E-state index in [2.05, 4.69) is 15.6 Å². The molecule has 19 heavy (non-hydrogen) atoms. The Kier molecular flexibility index (Phi) is 5.29. The number of carboxylic acid groups (broad SMARTS) is 1. The standard InChI is InChI=1S/C12H19N3O3S/c1-8(4-5-9(16)17)14-11(18)15-12(2,3)10-13-6-7-19-10/h6-8H,4-5H2,1-3H3,(H,16,17)(H2,14,15,18). The van der Waals surface area contributed by atoms with Gasteiger partial charge in [0.15, 0.2) is 0 Å². The molecule has 0 bridgehead atoms. The van der Waals surface area contributed by atoms with E-state index in [0.717, 1.165) is 5.01 Å². The molecule has 0 aliphatic heterocycles. The maximum Gasteiger partial charge on any atom is 0.315 e. The predicted molar refractivity (Wildman–Crippen MR) is 73.1 cm³/mol. The number of hydrogen-bond acceptors (Lipinski definition) is 4. The number of rotatable bonds is 6. The van der Waals surface area contributed by atoms with Gasteiger partial charge in [0.1, 0.15) is 5.01 Å². The van der Waals surface area contributed by atoms with Crippen molar-refractivity contribution in [3.05, 3.63) is 16.6 Å². The van der Waals surface area contributed by atoms with E-state index in [1.807, 2.05) is 19.2 Å². The molecule has 0 spiro atoms. The van der Waals surface area contributed by atoms with Gasteiger partial charge >= 0.3 is 12.0 Å². The fourth-order valence-electron chi connectivity index (χ4n) is 1.54. The summed E-state index contributed by atoms with van der Waals surface area (Å²) in [5.74, 6) is -0.864. The number of nitrogens with zero attached hydrogens (tertiary/aromatic N) is 1. The molecule has 3 N–H and O–H groups in total. The van der Waals surface area contributed by atoms with Crippen LogP contribution in [0.4, 0.5) is 4.79 Å². The number of carboxylic acids is 1. The number of aliphatic carboxylic acids is 1. The van der Waals surface area contributed by atoms with E-state index in [1.165, 1.54) is 11.3 Å². The van der Waals surface area contributed by atoms with Crippen LogP contribution >= 0.6 is 11.3 Å². The van der Waals surface area contributed by atoms with Crippen LogP contribution in [0.1, 0.15) is 38.6 Å². The topological polar surface area (TPSA) is 91.3 Å². The van der Waals surface area contributed by atoms with Gasteiger partial charge in [-0.25, -0.2) is 9.78 Å². The lowest BCUT2D eigenvalue weighted by Gasteiger charge is -2.25. The quantitative estimate of drug-likeness (QED) is 0.744. The third kappa shape index (κ3) is 5.25. The van der Waals surface area contributed by atoms with E-state index in [-0.39, 0.29) is 18.5 Å². The van der Waals surface area contributed by atoms with E-state index < -0.39 is 11.5 Å². The maximum absolute atomic E-state index is 11.8. The van der Waals surface area contributed by atoms with E-state index in [9.17, 15) is 9.59 Å². The fourth-order valence-corrected chi connectivity index (χ4v) is 2.26. The zero-order valence-electron chi connectivity index (χ0n) is 11.3. The number of urea groups is 1. The zero-order valence-corrected chi connectivity index (χ0v) is 12.1. The molecule has 1 atom stereocenters. The second-order valence-corrected chi connectivity index (χ2v) is 5.79. The van der Waals surface area contributed by atoms with Gasteiger partial charge in [0, 0.05) is 24.0 Å². The molecule has 1 heterocycles. The Hall–Kier alpha value is -1.63. The molecule has 0 radical (unpaired) electrons. The average molecular weight is 285 g/mol. The summed E-state index contributed by atoms with van der Waals surface area (Å²) in [6.07, 6.45) is 2.13. The highest BCUT2D eigenvalue weighted by molar-refractivity contribution is 7.09. The molecule has 1 aromatic heterocycles. The van der Waals surface area contributed by atoms with Crippen LogP contribution in [-0.4, -0.2) is 28.1 Å². The van der Waals surface area contributed by atoms with Crippen LogP contribution < -0.4 is 10.6 Å². The molecule has 0 saturated carbocycles. The van der Waals surface area contributed by atoms with E-state index in [0.29, 0.717) is 6.42 Å². The van der Waals surface area contributed by atoms with Crippen molar-refractivity contribution < 1.29 is 14.7 Å². The average Bonchev–Trinajstić information content (AvgIpc) is 2.79. The zero-order chi connectivity index (χ0) is 14.5. The van der Waals surface area contributed by atoms with Gasteiger partial charge in [-0.05, 0) is 27.2 Å². The van der Waals surface area contributed by atoms with Crippen molar-refractivity contribution in [2.24, 2.45) is 0 Å². The summed E-state index contributed by atoms with van der Waals surface area (Å²) in [5, 5.41) is 16.8. The second kappa shape index (κ2) is 6.51. The number of carbonyl (C=O) groups is 2. The smallest absolute Gasteiger partial charge is 0.315 e. The van der Waals surface area contributed by atoms with Crippen LogP contribution in [0.25, 0.3) is 0 Å².